The standard InChI is InChI=1S/C19H18N2O3S2/c1-2-13-6-3-4-8-15(13)20-17(22)9-10-21-18(23)16(26-19(21)25)12-14-7-5-11-24-14/h3-8,11-12H,2,9-10H2,1H3,(H,20,22). The van der Waals surface area contributed by atoms with Crippen LogP contribution in [0.4, 0.5) is 5.69 Å². The zero-order valence-electron chi connectivity index (χ0n) is 14.2. The molecular formula is C19H18N2O3S2. The van der Waals surface area contributed by atoms with Crippen molar-refractivity contribution in [1.82, 2.24) is 4.90 Å². The van der Waals surface area contributed by atoms with Gasteiger partial charge in [-0.15, -0.1) is 0 Å². The summed E-state index contributed by atoms with van der Waals surface area (Å²) in [6.07, 6.45) is 4.23. The quantitative estimate of drug-likeness (QED) is 0.599. The topological polar surface area (TPSA) is 62.6 Å². The molecule has 0 spiro atoms. The van der Waals surface area contributed by atoms with Gasteiger partial charge >= 0.3 is 0 Å². The summed E-state index contributed by atoms with van der Waals surface area (Å²) < 4.78 is 5.69. The van der Waals surface area contributed by atoms with Crippen LogP contribution in [0.25, 0.3) is 6.08 Å². The van der Waals surface area contributed by atoms with E-state index in [4.69, 9.17) is 16.6 Å². The van der Waals surface area contributed by atoms with E-state index in [-0.39, 0.29) is 24.8 Å². The molecule has 1 N–H and O–H groups in total. The SMILES string of the molecule is CCc1ccccc1NC(=O)CCN1C(=O)C(=Cc2ccco2)SC1=S. The Morgan fingerprint density at radius 2 is 2.12 bits per heavy atom. The first-order chi connectivity index (χ1) is 12.6. The highest BCUT2D eigenvalue weighted by Crippen LogP contribution is 2.32. The largest absolute Gasteiger partial charge is 0.465 e. The third kappa shape index (κ3) is 4.23. The number of para-hydroxylation sites is 1. The van der Waals surface area contributed by atoms with Gasteiger partial charge in [-0.05, 0) is 30.2 Å². The number of rotatable bonds is 6. The lowest BCUT2D eigenvalue weighted by Crippen LogP contribution is -2.31. The number of benzene rings is 1. The molecule has 0 atom stereocenters. The molecule has 0 bridgehead atoms. The number of nitrogens with zero attached hydrogens (tertiary/aromatic N) is 1. The molecule has 1 aliphatic heterocycles. The van der Waals surface area contributed by atoms with E-state index in [0.29, 0.717) is 15.0 Å². The number of carbonyl (C=O) groups is 2. The fraction of sp³-hybridized carbons (Fsp3) is 0.211. The Morgan fingerprint density at radius 1 is 1.31 bits per heavy atom. The van der Waals surface area contributed by atoms with Crippen LogP contribution in [0.2, 0.25) is 0 Å². The first kappa shape index (κ1) is 18.4. The summed E-state index contributed by atoms with van der Waals surface area (Å²) >= 11 is 6.50. The number of thioether (sulfide) groups is 1. The van der Waals surface area contributed by atoms with Crippen molar-refractivity contribution in [3.63, 3.8) is 0 Å². The molecule has 2 amide bonds. The van der Waals surface area contributed by atoms with Crippen molar-refractivity contribution < 1.29 is 14.0 Å². The minimum Gasteiger partial charge on any atom is -0.465 e. The molecule has 1 fully saturated rings. The summed E-state index contributed by atoms with van der Waals surface area (Å²) in [5.74, 6) is 0.257. The summed E-state index contributed by atoms with van der Waals surface area (Å²) in [5, 5.41) is 2.91. The van der Waals surface area contributed by atoms with Crippen LogP contribution < -0.4 is 5.32 Å². The smallest absolute Gasteiger partial charge is 0.266 e. The van der Waals surface area contributed by atoms with Gasteiger partial charge in [0.05, 0.1) is 11.2 Å². The Morgan fingerprint density at radius 3 is 2.85 bits per heavy atom. The first-order valence-corrected chi connectivity index (χ1v) is 9.47. The first-order valence-electron chi connectivity index (χ1n) is 8.25. The molecule has 0 aliphatic carbocycles. The van der Waals surface area contributed by atoms with E-state index in [9.17, 15) is 9.59 Å². The lowest BCUT2D eigenvalue weighted by molar-refractivity contribution is -0.122. The summed E-state index contributed by atoms with van der Waals surface area (Å²) in [7, 11) is 0. The summed E-state index contributed by atoms with van der Waals surface area (Å²) in [5.41, 5.74) is 1.89. The van der Waals surface area contributed by atoms with Gasteiger partial charge in [0.2, 0.25) is 5.91 Å². The third-order valence-electron chi connectivity index (χ3n) is 3.92. The highest BCUT2D eigenvalue weighted by Gasteiger charge is 2.32. The summed E-state index contributed by atoms with van der Waals surface area (Å²) in [4.78, 5) is 26.7. The minimum absolute atomic E-state index is 0.144. The second kappa shape index (κ2) is 8.33. The Balaban J connectivity index is 1.60. The van der Waals surface area contributed by atoms with Crippen LogP contribution in [-0.2, 0) is 16.0 Å². The van der Waals surface area contributed by atoms with E-state index in [2.05, 4.69) is 5.32 Å². The number of amides is 2. The fourth-order valence-corrected chi connectivity index (χ4v) is 3.86. The van der Waals surface area contributed by atoms with Gasteiger partial charge in [-0.25, -0.2) is 0 Å². The van der Waals surface area contributed by atoms with Gasteiger partial charge in [0, 0.05) is 24.7 Å². The molecule has 0 saturated carbocycles. The average Bonchev–Trinajstić information content (AvgIpc) is 3.23. The molecule has 5 nitrogen and oxygen atoms in total. The second-order valence-corrected chi connectivity index (χ2v) is 7.33. The number of hydrogen-bond donors (Lipinski definition) is 1. The monoisotopic (exact) mass is 386 g/mol. The predicted octanol–water partition coefficient (Wildman–Crippen LogP) is 4.07. The van der Waals surface area contributed by atoms with Crippen molar-refractivity contribution in [1.29, 1.82) is 0 Å². The van der Waals surface area contributed by atoms with Crippen LogP contribution >= 0.6 is 24.0 Å². The van der Waals surface area contributed by atoms with Gasteiger partial charge in [-0.1, -0.05) is 49.1 Å². The molecular weight excluding hydrogens is 368 g/mol. The second-order valence-electron chi connectivity index (χ2n) is 5.66. The molecule has 2 aromatic rings. The number of furan rings is 1. The zero-order chi connectivity index (χ0) is 18.5. The molecule has 1 saturated heterocycles. The molecule has 3 rings (SSSR count). The summed E-state index contributed by atoms with van der Waals surface area (Å²) in [6.45, 7) is 2.29. The lowest BCUT2D eigenvalue weighted by atomic mass is 10.1. The Hall–Kier alpha value is -2.38. The minimum atomic E-state index is -0.196. The Bertz CT molecular complexity index is 859. The maximum Gasteiger partial charge on any atom is 0.266 e. The normalized spacial score (nSPS) is 15.7. The highest BCUT2D eigenvalue weighted by molar-refractivity contribution is 8.26. The fourth-order valence-electron chi connectivity index (χ4n) is 2.57. The van der Waals surface area contributed by atoms with Crippen LogP contribution in [0.15, 0.2) is 52.0 Å². The van der Waals surface area contributed by atoms with E-state index in [1.165, 1.54) is 16.7 Å². The Kier molecular flexibility index (Phi) is 5.90. The molecule has 26 heavy (non-hydrogen) atoms. The number of nitrogens with one attached hydrogen (secondary N) is 1. The molecule has 0 unspecified atom stereocenters. The molecule has 1 aromatic carbocycles. The number of carbonyl (C=O) groups excluding carboxylic acids is 2. The molecule has 2 heterocycles. The molecule has 7 heteroatoms. The maximum atomic E-state index is 12.5. The van der Waals surface area contributed by atoms with Crippen LogP contribution in [0.1, 0.15) is 24.7 Å². The van der Waals surface area contributed by atoms with Crippen molar-refractivity contribution in [3.8, 4) is 0 Å². The van der Waals surface area contributed by atoms with Gasteiger partial charge in [-0.2, -0.15) is 0 Å². The van der Waals surface area contributed by atoms with Gasteiger partial charge in [0.1, 0.15) is 10.1 Å². The predicted molar refractivity (Wildman–Crippen MR) is 108 cm³/mol. The third-order valence-corrected chi connectivity index (χ3v) is 5.30. The van der Waals surface area contributed by atoms with E-state index >= 15 is 0 Å². The number of hydrogen-bond acceptors (Lipinski definition) is 5. The van der Waals surface area contributed by atoms with E-state index in [1.807, 2.05) is 31.2 Å². The average molecular weight is 386 g/mol. The zero-order valence-corrected chi connectivity index (χ0v) is 15.9. The molecule has 1 aliphatic rings. The number of anilines is 1. The number of thiocarbonyl (C=S) groups is 1. The van der Waals surface area contributed by atoms with Gasteiger partial charge < -0.3 is 9.73 Å². The van der Waals surface area contributed by atoms with Gasteiger partial charge in [0.25, 0.3) is 5.91 Å². The summed E-state index contributed by atoms with van der Waals surface area (Å²) in [6, 6.07) is 11.2. The van der Waals surface area contributed by atoms with Gasteiger partial charge in [-0.3, -0.25) is 14.5 Å². The van der Waals surface area contributed by atoms with Crippen LogP contribution in [0.3, 0.4) is 0 Å². The van der Waals surface area contributed by atoms with E-state index in [0.717, 1.165) is 17.7 Å². The van der Waals surface area contributed by atoms with Crippen LogP contribution in [-0.4, -0.2) is 27.6 Å². The van der Waals surface area contributed by atoms with Crippen molar-refractivity contribution in [2.24, 2.45) is 0 Å². The van der Waals surface area contributed by atoms with Crippen LogP contribution in [0.5, 0.6) is 0 Å². The van der Waals surface area contributed by atoms with Crippen molar-refractivity contribution in [2.75, 3.05) is 11.9 Å². The van der Waals surface area contributed by atoms with E-state index < -0.39 is 0 Å². The van der Waals surface area contributed by atoms with Gasteiger partial charge in [0.15, 0.2) is 0 Å². The molecule has 1 aromatic heterocycles. The van der Waals surface area contributed by atoms with Crippen molar-refractivity contribution in [3.05, 3.63) is 58.9 Å². The molecule has 0 radical (unpaired) electrons. The molecule has 134 valence electrons. The van der Waals surface area contributed by atoms with Crippen molar-refractivity contribution in [2.45, 2.75) is 19.8 Å². The Labute approximate surface area is 161 Å². The van der Waals surface area contributed by atoms with E-state index in [1.54, 1.807) is 24.5 Å². The lowest BCUT2D eigenvalue weighted by Gasteiger charge is -2.15. The van der Waals surface area contributed by atoms with Crippen LogP contribution in [0, 0.1) is 0 Å². The van der Waals surface area contributed by atoms with Crippen molar-refractivity contribution >= 4 is 51.9 Å². The maximum absolute atomic E-state index is 12.5. The highest BCUT2D eigenvalue weighted by atomic mass is 32.2. The number of aryl methyl sites for hydroxylation is 1.